The first-order valence-electron chi connectivity index (χ1n) is 10.5. The Hall–Kier alpha value is -3.06. The van der Waals surface area contributed by atoms with Gasteiger partial charge in [-0.15, -0.1) is 11.3 Å². The van der Waals surface area contributed by atoms with Crippen LogP contribution in [0.3, 0.4) is 0 Å². The molecule has 0 bridgehead atoms. The highest BCUT2D eigenvalue weighted by atomic mass is 32.1. The van der Waals surface area contributed by atoms with E-state index in [4.69, 9.17) is 4.74 Å². The summed E-state index contributed by atoms with van der Waals surface area (Å²) in [4.78, 5) is 36.4. The van der Waals surface area contributed by atoms with Crippen LogP contribution in [0.5, 0.6) is 0 Å². The van der Waals surface area contributed by atoms with E-state index in [1.54, 1.807) is 23.7 Å². The van der Waals surface area contributed by atoms with Crippen molar-refractivity contribution in [3.8, 4) is 11.3 Å². The SMILES string of the molecule is Cc1nc(-c2ccc(C3(C(=O)N4CC[C@@]5(C4)OC(=O)c4cnccc45)CC3)cc2)cs1. The number of fused-ring (bicyclic) bond motifs is 2. The fourth-order valence-electron chi connectivity index (χ4n) is 5.01. The van der Waals surface area contributed by atoms with Crippen LogP contribution in [0.25, 0.3) is 11.3 Å². The summed E-state index contributed by atoms with van der Waals surface area (Å²) in [7, 11) is 0. The molecule has 6 nitrogen and oxygen atoms in total. The molecule has 0 N–H and O–H groups in total. The molecule has 3 aromatic rings. The average molecular weight is 432 g/mol. The zero-order valence-electron chi connectivity index (χ0n) is 17.1. The van der Waals surface area contributed by atoms with E-state index >= 15 is 0 Å². The highest BCUT2D eigenvalue weighted by molar-refractivity contribution is 7.09. The van der Waals surface area contributed by atoms with E-state index in [-0.39, 0.29) is 11.9 Å². The van der Waals surface area contributed by atoms with Gasteiger partial charge in [0.05, 0.1) is 28.2 Å². The summed E-state index contributed by atoms with van der Waals surface area (Å²) in [5, 5.41) is 3.10. The number of likely N-dealkylation sites (tertiary alicyclic amines) is 1. The summed E-state index contributed by atoms with van der Waals surface area (Å²) in [6.45, 7) is 3.00. The second-order valence-electron chi connectivity index (χ2n) is 8.69. The summed E-state index contributed by atoms with van der Waals surface area (Å²) in [6, 6.07) is 10.1. The van der Waals surface area contributed by atoms with Crippen LogP contribution in [-0.2, 0) is 20.5 Å². The van der Waals surface area contributed by atoms with Gasteiger partial charge in [0, 0.05) is 41.9 Å². The van der Waals surface area contributed by atoms with Crippen molar-refractivity contribution >= 4 is 23.2 Å². The number of esters is 1. The zero-order valence-corrected chi connectivity index (χ0v) is 17.9. The number of carbonyl (C=O) groups excluding carboxylic acids is 2. The van der Waals surface area contributed by atoms with Crippen molar-refractivity contribution in [3.63, 3.8) is 0 Å². The van der Waals surface area contributed by atoms with E-state index in [2.05, 4.69) is 39.6 Å². The minimum absolute atomic E-state index is 0.139. The number of nitrogens with zero attached hydrogens (tertiary/aromatic N) is 3. The molecule has 0 radical (unpaired) electrons. The van der Waals surface area contributed by atoms with Gasteiger partial charge in [0.25, 0.3) is 0 Å². The van der Waals surface area contributed by atoms with Crippen LogP contribution < -0.4 is 0 Å². The smallest absolute Gasteiger partial charge is 0.341 e. The Balaban J connectivity index is 1.25. The van der Waals surface area contributed by atoms with Crippen LogP contribution >= 0.6 is 11.3 Å². The van der Waals surface area contributed by atoms with E-state index in [1.165, 1.54) is 0 Å². The lowest BCUT2D eigenvalue weighted by Crippen LogP contribution is -2.40. The van der Waals surface area contributed by atoms with E-state index in [1.807, 2.05) is 17.9 Å². The van der Waals surface area contributed by atoms with Gasteiger partial charge in [0.1, 0.15) is 0 Å². The molecule has 1 aliphatic carbocycles. The molecular weight excluding hydrogens is 410 g/mol. The van der Waals surface area contributed by atoms with Gasteiger partial charge in [-0.2, -0.15) is 0 Å². The number of hydrogen-bond acceptors (Lipinski definition) is 6. The molecule has 4 heterocycles. The molecule has 1 aromatic carbocycles. The molecule has 1 spiro atoms. The lowest BCUT2D eigenvalue weighted by atomic mass is 9.92. The summed E-state index contributed by atoms with van der Waals surface area (Å²) in [5.41, 5.74) is 3.30. The number of pyridine rings is 1. The number of hydrogen-bond donors (Lipinski definition) is 0. The minimum atomic E-state index is -0.729. The van der Waals surface area contributed by atoms with E-state index in [0.717, 1.165) is 40.2 Å². The lowest BCUT2D eigenvalue weighted by Gasteiger charge is -2.27. The zero-order chi connectivity index (χ0) is 21.2. The number of benzene rings is 1. The Kier molecular flexibility index (Phi) is 3.90. The molecule has 2 aliphatic heterocycles. The highest BCUT2D eigenvalue weighted by Crippen LogP contribution is 2.52. The van der Waals surface area contributed by atoms with Gasteiger partial charge in [0.15, 0.2) is 5.60 Å². The van der Waals surface area contributed by atoms with Gasteiger partial charge in [0.2, 0.25) is 5.91 Å². The molecule has 1 saturated heterocycles. The lowest BCUT2D eigenvalue weighted by molar-refractivity contribution is -0.134. The average Bonchev–Trinajstić information content (AvgIpc) is 3.17. The Morgan fingerprint density at radius 1 is 1.16 bits per heavy atom. The van der Waals surface area contributed by atoms with Crippen molar-refractivity contribution < 1.29 is 14.3 Å². The topological polar surface area (TPSA) is 72.4 Å². The van der Waals surface area contributed by atoms with Crippen molar-refractivity contribution in [1.82, 2.24) is 14.9 Å². The van der Waals surface area contributed by atoms with Gasteiger partial charge in [-0.3, -0.25) is 9.78 Å². The van der Waals surface area contributed by atoms with Crippen LogP contribution in [0, 0.1) is 6.92 Å². The summed E-state index contributed by atoms with van der Waals surface area (Å²) in [6.07, 6.45) is 5.57. The molecule has 1 amide bonds. The van der Waals surface area contributed by atoms with Gasteiger partial charge >= 0.3 is 5.97 Å². The van der Waals surface area contributed by atoms with Crippen molar-refractivity contribution in [2.45, 2.75) is 37.2 Å². The van der Waals surface area contributed by atoms with Crippen LogP contribution in [0.2, 0.25) is 0 Å². The molecule has 1 atom stereocenters. The molecule has 6 rings (SSSR count). The first-order valence-corrected chi connectivity index (χ1v) is 11.4. The van der Waals surface area contributed by atoms with E-state index in [9.17, 15) is 9.59 Å². The Labute approximate surface area is 183 Å². The molecule has 2 fully saturated rings. The first-order chi connectivity index (χ1) is 15.0. The molecule has 156 valence electrons. The fourth-order valence-corrected chi connectivity index (χ4v) is 5.63. The normalized spacial score (nSPS) is 23.1. The minimum Gasteiger partial charge on any atom is -0.449 e. The number of thiazole rings is 1. The maximum absolute atomic E-state index is 13.6. The maximum atomic E-state index is 13.6. The maximum Gasteiger partial charge on any atom is 0.341 e. The van der Waals surface area contributed by atoms with Crippen molar-refractivity contribution in [2.24, 2.45) is 0 Å². The third-order valence-electron chi connectivity index (χ3n) is 6.85. The van der Waals surface area contributed by atoms with Crippen LogP contribution in [-0.4, -0.2) is 39.8 Å². The highest BCUT2D eigenvalue weighted by Gasteiger charge is 2.57. The number of carbonyl (C=O) groups is 2. The Morgan fingerprint density at radius 2 is 1.97 bits per heavy atom. The Bertz CT molecular complexity index is 1210. The van der Waals surface area contributed by atoms with Gasteiger partial charge in [-0.25, -0.2) is 9.78 Å². The fraction of sp³-hybridized carbons (Fsp3) is 0.333. The number of rotatable bonds is 3. The summed E-state index contributed by atoms with van der Waals surface area (Å²) < 4.78 is 5.79. The van der Waals surface area contributed by atoms with Gasteiger partial charge < -0.3 is 9.64 Å². The standard InChI is InChI=1S/C24H21N3O3S/c1-15-26-20(13-31-15)16-2-4-17(5-3-16)23(7-8-23)22(29)27-11-9-24(14-27)19-6-10-25-12-18(19)21(28)30-24/h2-6,10,12-13H,7-9,11,14H2,1H3/t24-/m0/s1. The van der Waals surface area contributed by atoms with Crippen LogP contribution in [0.4, 0.5) is 0 Å². The second kappa shape index (κ2) is 6.47. The van der Waals surface area contributed by atoms with Gasteiger partial charge in [-0.1, -0.05) is 24.3 Å². The van der Waals surface area contributed by atoms with Gasteiger partial charge in [-0.05, 0) is 31.4 Å². The predicted molar refractivity (Wildman–Crippen MR) is 116 cm³/mol. The third kappa shape index (κ3) is 2.76. The van der Waals surface area contributed by atoms with Crippen molar-refractivity contribution in [3.05, 3.63) is 69.8 Å². The Morgan fingerprint density at radius 3 is 2.68 bits per heavy atom. The van der Waals surface area contributed by atoms with Crippen LogP contribution in [0.1, 0.15) is 45.8 Å². The number of aromatic nitrogens is 2. The molecule has 0 unspecified atom stereocenters. The number of aryl methyl sites for hydroxylation is 1. The quantitative estimate of drug-likeness (QED) is 0.589. The predicted octanol–water partition coefficient (Wildman–Crippen LogP) is 3.84. The van der Waals surface area contributed by atoms with Crippen molar-refractivity contribution in [2.75, 3.05) is 13.1 Å². The summed E-state index contributed by atoms with van der Waals surface area (Å²) >= 11 is 1.64. The van der Waals surface area contributed by atoms with E-state index in [0.29, 0.717) is 25.1 Å². The summed E-state index contributed by atoms with van der Waals surface area (Å²) in [5.74, 6) is -0.202. The second-order valence-corrected chi connectivity index (χ2v) is 9.76. The number of ether oxygens (including phenoxy) is 1. The molecular formula is C24H21N3O3S. The van der Waals surface area contributed by atoms with Crippen molar-refractivity contribution in [1.29, 1.82) is 0 Å². The van der Waals surface area contributed by atoms with Crippen LogP contribution in [0.15, 0.2) is 48.1 Å². The molecule has 7 heteroatoms. The number of amides is 1. The third-order valence-corrected chi connectivity index (χ3v) is 7.62. The molecule has 2 aromatic heterocycles. The largest absolute Gasteiger partial charge is 0.449 e. The first kappa shape index (κ1) is 18.7. The van der Waals surface area contributed by atoms with E-state index < -0.39 is 11.0 Å². The monoisotopic (exact) mass is 431 g/mol. The molecule has 3 aliphatic rings. The molecule has 1 saturated carbocycles. The molecule has 31 heavy (non-hydrogen) atoms.